The van der Waals surface area contributed by atoms with Gasteiger partial charge in [0, 0.05) is 10.6 Å². The molecule has 5 rings (SSSR count). The molecule has 1 aliphatic rings. The lowest BCUT2D eigenvalue weighted by Gasteiger charge is -2.35. The lowest BCUT2D eigenvalue weighted by Crippen LogP contribution is -2.36. The smallest absolute Gasteiger partial charge is 0.174 e. The maximum Gasteiger partial charge on any atom is 0.174 e. The fourth-order valence-corrected chi connectivity index (χ4v) is 5.57. The number of ether oxygens (including phenoxy) is 1. The number of tetrazole rings is 1. The summed E-state index contributed by atoms with van der Waals surface area (Å²) in [5.41, 5.74) is 3.06. The van der Waals surface area contributed by atoms with Crippen LogP contribution in [-0.2, 0) is 0 Å². The van der Waals surface area contributed by atoms with Crippen LogP contribution in [-0.4, -0.2) is 45.3 Å². The van der Waals surface area contributed by atoms with Crippen molar-refractivity contribution < 1.29 is 4.74 Å². The van der Waals surface area contributed by atoms with Crippen molar-refractivity contribution in [1.29, 1.82) is 0 Å². The van der Waals surface area contributed by atoms with E-state index in [-0.39, 0.29) is 12.1 Å². The molecular formula is C27H27Cl2N5O. The van der Waals surface area contributed by atoms with Crippen molar-refractivity contribution >= 4 is 23.2 Å². The second-order valence-electron chi connectivity index (χ2n) is 8.71. The van der Waals surface area contributed by atoms with E-state index in [1.165, 1.54) is 6.42 Å². The van der Waals surface area contributed by atoms with E-state index in [4.69, 9.17) is 27.9 Å². The summed E-state index contributed by atoms with van der Waals surface area (Å²) in [6.45, 7) is 1.85. The zero-order chi connectivity index (χ0) is 24.2. The number of rotatable bonds is 7. The van der Waals surface area contributed by atoms with Gasteiger partial charge in [-0.05, 0) is 59.6 Å². The molecule has 0 bridgehead atoms. The monoisotopic (exact) mass is 507 g/mol. The number of hydrogen-bond acceptors (Lipinski definition) is 5. The largest absolute Gasteiger partial charge is 0.495 e. The molecule has 3 aromatic carbocycles. The van der Waals surface area contributed by atoms with Gasteiger partial charge in [-0.3, -0.25) is 4.90 Å². The highest BCUT2D eigenvalue weighted by Gasteiger charge is 2.34. The average molecular weight is 508 g/mol. The predicted molar refractivity (Wildman–Crippen MR) is 138 cm³/mol. The lowest BCUT2D eigenvalue weighted by molar-refractivity contribution is 0.174. The molecule has 2 heterocycles. The molecule has 180 valence electrons. The molecule has 0 spiro atoms. The third-order valence-corrected chi connectivity index (χ3v) is 7.03. The molecule has 4 aromatic rings. The van der Waals surface area contributed by atoms with Crippen LogP contribution in [0.15, 0.2) is 72.8 Å². The van der Waals surface area contributed by atoms with Gasteiger partial charge in [-0.1, -0.05) is 90.3 Å². The first-order valence-electron chi connectivity index (χ1n) is 11.8. The van der Waals surface area contributed by atoms with E-state index in [9.17, 15) is 0 Å². The Bertz CT molecular complexity index is 1220. The minimum atomic E-state index is -0.272. The number of nitrogens with zero attached hydrogens (tertiary/aromatic N) is 5. The van der Waals surface area contributed by atoms with E-state index in [0.717, 1.165) is 48.4 Å². The summed E-state index contributed by atoms with van der Waals surface area (Å²) in [5, 5.41) is 14.3. The van der Waals surface area contributed by atoms with Crippen LogP contribution in [0.1, 0.15) is 53.9 Å². The van der Waals surface area contributed by atoms with Gasteiger partial charge in [0.15, 0.2) is 5.82 Å². The van der Waals surface area contributed by atoms with E-state index in [2.05, 4.69) is 44.7 Å². The Labute approximate surface area is 215 Å². The Hall–Kier alpha value is -2.93. The zero-order valence-electron chi connectivity index (χ0n) is 19.5. The lowest BCUT2D eigenvalue weighted by atomic mass is 9.96. The number of piperidine rings is 1. The highest BCUT2D eigenvalue weighted by atomic mass is 35.5. The molecule has 1 atom stereocenters. The van der Waals surface area contributed by atoms with Gasteiger partial charge in [0.05, 0.1) is 12.1 Å². The van der Waals surface area contributed by atoms with Gasteiger partial charge in [0.1, 0.15) is 17.8 Å². The molecule has 0 radical (unpaired) electrons. The summed E-state index contributed by atoms with van der Waals surface area (Å²) in [4.78, 5) is 2.41. The first-order valence-corrected chi connectivity index (χ1v) is 12.6. The van der Waals surface area contributed by atoms with Crippen molar-refractivity contribution in [3.05, 3.63) is 105 Å². The van der Waals surface area contributed by atoms with Crippen molar-refractivity contribution in [2.45, 2.75) is 31.3 Å². The summed E-state index contributed by atoms with van der Waals surface area (Å²) in [6, 6.07) is 23.8. The van der Waals surface area contributed by atoms with Crippen molar-refractivity contribution in [1.82, 2.24) is 25.1 Å². The van der Waals surface area contributed by atoms with Crippen LogP contribution in [0.4, 0.5) is 0 Å². The predicted octanol–water partition coefficient (Wildman–Crippen LogP) is 6.20. The van der Waals surface area contributed by atoms with Crippen molar-refractivity contribution in [2.24, 2.45) is 0 Å². The standard InChI is InChI=1S/C27H27Cl2N5O/c1-35-26-22(17-21(28)18-23(26)29)25(33-15-9-4-10-16-33)27-30-31-32-34(27)24(19-11-5-2-6-12-19)20-13-7-3-8-14-20/h2-3,5-8,11-14,17-18,24-25H,4,9-10,15-16H2,1H3. The second kappa shape index (κ2) is 10.8. The van der Waals surface area contributed by atoms with E-state index < -0.39 is 0 Å². The van der Waals surface area contributed by atoms with Crippen LogP contribution >= 0.6 is 23.2 Å². The van der Waals surface area contributed by atoms with Gasteiger partial charge in [0.25, 0.3) is 0 Å². The van der Waals surface area contributed by atoms with Crippen LogP contribution in [0.2, 0.25) is 10.0 Å². The second-order valence-corrected chi connectivity index (χ2v) is 9.56. The molecule has 35 heavy (non-hydrogen) atoms. The number of hydrogen-bond donors (Lipinski definition) is 0. The van der Waals surface area contributed by atoms with Crippen LogP contribution in [0, 0.1) is 0 Å². The molecular weight excluding hydrogens is 481 g/mol. The quantitative estimate of drug-likeness (QED) is 0.298. The van der Waals surface area contributed by atoms with Crippen LogP contribution < -0.4 is 4.74 Å². The summed E-state index contributed by atoms with van der Waals surface area (Å²) in [6.07, 6.45) is 3.42. The summed E-state index contributed by atoms with van der Waals surface area (Å²) in [5.74, 6) is 1.32. The molecule has 6 nitrogen and oxygen atoms in total. The minimum Gasteiger partial charge on any atom is -0.495 e. The Morgan fingerprint density at radius 3 is 2.06 bits per heavy atom. The number of halogens is 2. The van der Waals surface area contributed by atoms with Crippen LogP contribution in [0.3, 0.4) is 0 Å². The molecule has 0 aliphatic carbocycles. The van der Waals surface area contributed by atoms with Gasteiger partial charge in [-0.15, -0.1) is 5.10 Å². The van der Waals surface area contributed by atoms with Crippen molar-refractivity contribution in [2.75, 3.05) is 20.2 Å². The number of aromatic nitrogens is 4. The molecule has 1 unspecified atom stereocenters. The Morgan fingerprint density at radius 2 is 1.46 bits per heavy atom. The molecule has 0 amide bonds. The van der Waals surface area contributed by atoms with Gasteiger partial charge in [-0.2, -0.15) is 0 Å². The first kappa shape index (κ1) is 23.8. The van der Waals surface area contributed by atoms with Crippen LogP contribution in [0.25, 0.3) is 0 Å². The normalized spacial score (nSPS) is 15.3. The number of methoxy groups -OCH3 is 1. The summed E-state index contributed by atoms with van der Waals surface area (Å²) >= 11 is 13.1. The van der Waals surface area contributed by atoms with Gasteiger partial charge < -0.3 is 4.74 Å². The first-order chi connectivity index (χ1) is 17.2. The Kier molecular flexibility index (Phi) is 7.32. The Balaban J connectivity index is 1.71. The summed E-state index contributed by atoms with van der Waals surface area (Å²) in [7, 11) is 1.63. The maximum atomic E-state index is 6.59. The number of benzene rings is 3. The topological polar surface area (TPSA) is 56.1 Å². The van der Waals surface area contributed by atoms with Crippen LogP contribution in [0.5, 0.6) is 5.75 Å². The minimum absolute atomic E-state index is 0.199. The number of likely N-dealkylation sites (tertiary alicyclic amines) is 1. The highest BCUT2D eigenvalue weighted by molar-refractivity contribution is 6.35. The van der Waals surface area contributed by atoms with Crippen molar-refractivity contribution in [3.8, 4) is 5.75 Å². The SMILES string of the molecule is COc1c(Cl)cc(Cl)cc1C(c1nnnn1C(c1ccccc1)c1ccccc1)N1CCCCC1. The van der Waals surface area contributed by atoms with Gasteiger partial charge in [-0.25, -0.2) is 4.68 Å². The van der Waals surface area contributed by atoms with E-state index in [1.807, 2.05) is 47.1 Å². The van der Waals surface area contributed by atoms with Gasteiger partial charge >= 0.3 is 0 Å². The summed E-state index contributed by atoms with van der Waals surface area (Å²) < 4.78 is 7.70. The van der Waals surface area contributed by atoms with Gasteiger partial charge in [0.2, 0.25) is 0 Å². The van der Waals surface area contributed by atoms with E-state index in [0.29, 0.717) is 15.8 Å². The molecule has 0 N–H and O–H groups in total. The van der Waals surface area contributed by atoms with E-state index in [1.54, 1.807) is 13.2 Å². The molecule has 1 fully saturated rings. The fraction of sp³-hybridized carbons (Fsp3) is 0.296. The zero-order valence-corrected chi connectivity index (χ0v) is 21.0. The van der Waals surface area contributed by atoms with E-state index >= 15 is 0 Å². The Morgan fingerprint density at radius 1 is 0.829 bits per heavy atom. The molecule has 1 aromatic heterocycles. The average Bonchev–Trinajstić information content (AvgIpc) is 3.35. The third kappa shape index (κ3) is 4.92. The maximum absolute atomic E-state index is 6.59. The molecule has 8 heteroatoms. The highest BCUT2D eigenvalue weighted by Crippen LogP contribution is 2.42. The van der Waals surface area contributed by atoms with Crippen molar-refractivity contribution in [3.63, 3.8) is 0 Å². The molecule has 1 aliphatic heterocycles. The fourth-order valence-electron chi connectivity index (χ4n) is 4.98. The third-order valence-electron chi connectivity index (χ3n) is 6.53. The molecule has 0 saturated carbocycles. The molecule has 1 saturated heterocycles.